The van der Waals surface area contributed by atoms with E-state index in [0.717, 1.165) is 6.07 Å². The molecule has 18 heavy (non-hydrogen) atoms. The van der Waals surface area contributed by atoms with E-state index in [1.807, 2.05) is 0 Å². The number of alkyl halides is 4. The molecule has 1 aromatic carbocycles. The maximum absolute atomic E-state index is 12.8. The number of rotatable bonds is 6. The van der Waals surface area contributed by atoms with Crippen molar-refractivity contribution in [2.75, 3.05) is 6.61 Å². The van der Waals surface area contributed by atoms with Crippen molar-refractivity contribution in [2.45, 2.75) is 25.0 Å². The number of halogens is 4. The molecule has 3 N–H and O–H groups in total. The molecule has 0 aliphatic rings. The number of aliphatic hydroxyl groups is 1. The fourth-order valence-corrected chi connectivity index (χ4v) is 1.37. The highest BCUT2D eigenvalue weighted by molar-refractivity contribution is 5.36. The summed E-state index contributed by atoms with van der Waals surface area (Å²) in [7, 11) is 0. The van der Waals surface area contributed by atoms with Gasteiger partial charge in [0.15, 0.2) is 0 Å². The Morgan fingerprint density at radius 1 is 1.28 bits per heavy atom. The summed E-state index contributed by atoms with van der Waals surface area (Å²) in [6.45, 7) is -0.249. The summed E-state index contributed by atoms with van der Waals surface area (Å²) in [6.07, 6.45) is -8.39. The number of hydrogen-bond donors (Lipinski definition) is 2. The Hall–Kier alpha value is -1.34. The molecule has 0 radical (unpaired) electrons. The van der Waals surface area contributed by atoms with Gasteiger partial charge in [-0.2, -0.15) is 17.6 Å². The summed E-state index contributed by atoms with van der Waals surface area (Å²) in [5.41, 5.74) is 5.77. The molecular weight excluding hydrogens is 254 g/mol. The highest BCUT2D eigenvalue weighted by Gasteiger charge is 2.44. The van der Waals surface area contributed by atoms with Gasteiger partial charge < -0.3 is 15.6 Å². The summed E-state index contributed by atoms with van der Waals surface area (Å²) < 4.78 is 53.7. The Bertz CT molecular complexity index is 387. The van der Waals surface area contributed by atoms with Crippen molar-refractivity contribution >= 4 is 0 Å². The van der Waals surface area contributed by atoms with Crippen LogP contribution in [0.1, 0.15) is 18.0 Å². The molecule has 0 fully saturated rings. The SMILES string of the molecule is N[C@@H](CCO)c1ccccc1OC(F)(F)C(F)F. The highest BCUT2D eigenvalue weighted by Crippen LogP contribution is 2.32. The van der Waals surface area contributed by atoms with Crippen LogP contribution in [0.5, 0.6) is 5.75 Å². The fourth-order valence-electron chi connectivity index (χ4n) is 1.37. The van der Waals surface area contributed by atoms with Crippen molar-refractivity contribution < 1.29 is 27.4 Å². The number of hydrogen-bond acceptors (Lipinski definition) is 3. The minimum atomic E-state index is -4.57. The molecule has 0 aliphatic heterocycles. The summed E-state index contributed by atoms with van der Waals surface area (Å²) in [5, 5.41) is 8.72. The van der Waals surface area contributed by atoms with Crippen LogP contribution >= 0.6 is 0 Å². The van der Waals surface area contributed by atoms with E-state index >= 15 is 0 Å². The Kier molecular flexibility index (Phi) is 4.92. The molecule has 0 heterocycles. The molecule has 0 bridgehead atoms. The molecule has 0 saturated heterocycles. The average Bonchev–Trinajstić information content (AvgIpc) is 2.29. The molecule has 102 valence electrons. The molecule has 1 atom stereocenters. The van der Waals surface area contributed by atoms with Gasteiger partial charge in [0.05, 0.1) is 0 Å². The third-order valence-corrected chi connectivity index (χ3v) is 2.26. The van der Waals surface area contributed by atoms with Gasteiger partial charge in [-0.1, -0.05) is 18.2 Å². The molecular formula is C11H13F4NO2. The fraction of sp³-hybridized carbons (Fsp3) is 0.455. The zero-order chi connectivity index (χ0) is 13.8. The van der Waals surface area contributed by atoms with Gasteiger partial charge in [0.2, 0.25) is 0 Å². The topological polar surface area (TPSA) is 55.5 Å². The number of benzene rings is 1. The van der Waals surface area contributed by atoms with Crippen LogP contribution in [0.4, 0.5) is 17.6 Å². The van der Waals surface area contributed by atoms with E-state index in [0.29, 0.717) is 0 Å². The van der Waals surface area contributed by atoms with Crippen molar-refractivity contribution in [1.29, 1.82) is 0 Å². The largest absolute Gasteiger partial charge is 0.461 e. The van der Waals surface area contributed by atoms with Crippen LogP contribution < -0.4 is 10.5 Å². The van der Waals surface area contributed by atoms with Crippen LogP contribution in [0.15, 0.2) is 24.3 Å². The molecule has 0 spiro atoms. The van der Waals surface area contributed by atoms with Crippen LogP contribution in [-0.2, 0) is 0 Å². The third kappa shape index (κ3) is 3.58. The van der Waals surface area contributed by atoms with E-state index < -0.39 is 24.3 Å². The van der Waals surface area contributed by atoms with Gasteiger partial charge in [0.1, 0.15) is 5.75 Å². The van der Waals surface area contributed by atoms with Crippen LogP contribution in [0, 0.1) is 0 Å². The Labute approximate surface area is 101 Å². The molecule has 0 unspecified atom stereocenters. The first-order chi connectivity index (χ1) is 8.38. The van der Waals surface area contributed by atoms with Crippen molar-refractivity contribution in [3.8, 4) is 5.75 Å². The Morgan fingerprint density at radius 2 is 1.89 bits per heavy atom. The lowest BCUT2D eigenvalue weighted by atomic mass is 10.0. The Morgan fingerprint density at radius 3 is 2.44 bits per heavy atom. The number of aliphatic hydroxyl groups excluding tert-OH is 1. The van der Waals surface area contributed by atoms with Crippen molar-refractivity contribution in [2.24, 2.45) is 5.73 Å². The second-order valence-electron chi connectivity index (χ2n) is 3.62. The lowest BCUT2D eigenvalue weighted by Gasteiger charge is -2.21. The van der Waals surface area contributed by atoms with E-state index in [-0.39, 0.29) is 18.6 Å². The standard InChI is InChI=1S/C11H13F4NO2/c12-10(13)11(14,15)18-9-4-2-1-3-7(9)8(16)5-6-17/h1-4,8,10,17H,5-6,16H2/t8-/m0/s1. The quantitative estimate of drug-likeness (QED) is 0.778. The van der Waals surface area contributed by atoms with E-state index in [1.54, 1.807) is 0 Å². The summed E-state index contributed by atoms with van der Waals surface area (Å²) in [6, 6.07) is 4.63. The third-order valence-electron chi connectivity index (χ3n) is 2.26. The number of ether oxygens (including phenoxy) is 1. The van der Waals surface area contributed by atoms with E-state index in [4.69, 9.17) is 10.8 Å². The predicted molar refractivity (Wildman–Crippen MR) is 56.7 cm³/mol. The van der Waals surface area contributed by atoms with Gasteiger partial charge in [-0.05, 0) is 12.5 Å². The number of para-hydroxylation sites is 1. The van der Waals surface area contributed by atoms with Crippen LogP contribution in [-0.4, -0.2) is 24.2 Å². The van der Waals surface area contributed by atoms with Crippen molar-refractivity contribution in [3.63, 3.8) is 0 Å². The predicted octanol–water partition coefficient (Wildman–Crippen LogP) is 2.31. The molecule has 7 heteroatoms. The zero-order valence-corrected chi connectivity index (χ0v) is 9.32. The molecule has 0 aromatic heterocycles. The van der Waals surface area contributed by atoms with Gasteiger partial charge in [-0.3, -0.25) is 0 Å². The van der Waals surface area contributed by atoms with E-state index in [1.165, 1.54) is 18.2 Å². The van der Waals surface area contributed by atoms with Gasteiger partial charge in [-0.15, -0.1) is 0 Å². The molecule has 0 aliphatic carbocycles. The number of nitrogens with two attached hydrogens (primary N) is 1. The first-order valence-corrected chi connectivity index (χ1v) is 5.19. The van der Waals surface area contributed by atoms with Gasteiger partial charge >= 0.3 is 12.5 Å². The molecule has 0 saturated carbocycles. The van der Waals surface area contributed by atoms with E-state index in [9.17, 15) is 17.6 Å². The molecule has 1 aromatic rings. The summed E-state index contributed by atoms with van der Waals surface area (Å²) in [5.74, 6) is -0.413. The first-order valence-electron chi connectivity index (χ1n) is 5.19. The molecule has 0 amide bonds. The maximum atomic E-state index is 12.8. The second kappa shape index (κ2) is 6.01. The smallest absolute Gasteiger partial charge is 0.428 e. The summed E-state index contributed by atoms with van der Waals surface area (Å²) >= 11 is 0. The minimum absolute atomic E-state index is 0.112. The Balaban J connectivity index is 2.95. The normalized spacial score (nSPS) is 13.7. The van der Waals surface area contributed by atoms with Gasteiger partial charge in [0.25, 0.3) is 0 Å². The zero-order valence-electron chi connectivity index (χ0n) is 9.32. The van der Waals surface area contributed by atoms with Crippen LogP contribution in [0.25, 0.3) is 0 Å². The van der Waals surface area contributed by atoms with Crippen molar-refractivity contribution in [1.82, 2.24) is 0 Å². The van der Waals surface area contributed by atoms with Crippen LogP contribution in [0.2, 0.25) is 0 Å². The van der Waals surface area contributed by atoms with Crippen LogP contribution in [0.3, 0.4) is 0 Å². The summed E-state index contributed by atoms with van der Waals surface area (Å²) in [4.78, 5) is 0. The second-order valence-corrected chi connectivity index (χ2v) is 3.62. The molecule has 3 nitrogen and oxygen atoms in total. The molecule has 1 rings (SSSR count). The first kappa shape index (κ1) is 14.7. The average molecular weight is 267 g/mol. The minimum Gasteiger partial charge on any atom is -0.428 e. The van der Waals surface area contributed by atoms with E-state index in [2.05, 4.69) is 4.74 Å². The van der Waals surface area contributed by atoms with Gasteiger partial charge in [0, 0.05) is 18.2 Å². The monoisotopic (exact) mass is 267 g/mol. The maximum Gasteiger partial charge on any atom is 0.461 e. The van der Waals surface area contributed by atoms with Crippen molar-refractivity contribution in [3.05, 3.63) is 29.8 Å². The lowest BCUT2D eigenvalue weighted by Crippen LogP contribution is -2.34. The highest BCUT2D eigenvalue weighted by atomic mass is 19.3. The lowest BCUT2D eigenvalue weighted by molar-refractivity contribution is -0.253. The van der Waals surface area contributed by atoms with Gasteiger partial charge in [-0.25, -0.2) is 0 Å².